The van der Waals surface area contributed by atoms with Gasteiger partial charge in [-0.25, -0.2) is 0 Å². The SMILES string of the molecule is COC[Si](C)(COC)O[Si]C. The van der Waals surface area contributed by atoms with Crippen LogP contribution in [-0.2, 0) is 13.6 Å². The number of ether oxygens (including phenoxy) is 2. The summed E-state index contributed by atoms with van der Waals surface area (Å²) in [5.74, 6) is 0. The van der Waals surface area contributed by atoms with Crippen LogP contribution in [0.2, 0.25) is 13.1 Å². The standard InChI is InChI=1S/C6H16O3Si2/c1-7-5-11(4,6-8-2)9-10-3/h5-6H2,1-4H3. The van der Waals surface area contributed by atoms with Gasteiger partial charge in [-0.2, -0.15) is 0 Å². The van der Waals surface area contributed by atoms with E-state index in [4.69, 9.17) is 13.6 Å². The fraction of sp³-hybridized carbons (Fsp3) is 1.00. The van der Waals surface area contributed by atoms with Gasteiger partial charge in [-0.1, -0.05) is 0 Å². The van der Waals surface area contributed by atoms with Gasteiger partial charge in [-0.15, -0.1) is 0 Å². The van der Waals surface area contributed by atoms with Crippen molar-refractivity contribution < 1.29 is 13.6 Å². The molecule has 0 heterocycles. The van der Waals surface area contributed by atoms with Crippen molar-refractivity contribution in [3.8, 4) is 0 Å². The van der Waals surface area contributed by atoms with Crippen molar-refractivity contribution in [2.24, 2.45) is 0 Å². The maximum absolute atomic E-state index is 5.63. The lowest BCUT2D eigenvalue weighted by Crippen LogP contribution is -2.46. The van der Waals surface area contributed by atoms with E-state index in [2.05, 4.69) is 6.55 Å². The highest BCUT2D eigenvalue weighted by Crippen LogP contribution is 2.04. The maximum Gasteiger partial charge on any atom is 0.228 e. The second-order valence-electron chi connectivity index (χ2n) is 2.62. The van der Waals surface area contributed by atoms with Crippen LogP contribution in [0.1, 0.15) is 0 Å². The fourth-order valence-electron chi connectivity index (χ4n) is 0.958. The Kier molecular flexibility index (Phi) is 6.07. The van der Waals surface area contributed by atoms with E-state index in [1.165, 1.54) is 0 Å². The molecule has 0 aromatic carbocycles. The lowest BCUT2D eigenvalue weighted by atomic mass is 11.5. The number of methoxy groups -OCH3 is 2. The number of rotatable bonds is 6. The average Bonchev–Trinajstić information content (AvgIpc) is 1.88. The third-order valence-corrected chi connectivity index (χ3v) is 5.83. The summed E-state index contributed by atoms with van der Waals surface area (Å²) in [5.41, 5.74) is 0. The molecule has 0 saturated heterocycles. The highest BCUT2D eigenvalue weighted by molar-refractivity contribution is 6.76. The molecule has 0 aliphatic carbocycles. The third kappa shape index (κ3) is 4.70. The minimum absolute atomic E-state index is 0.531. The summed E-state index contributed by atoms with van der Waals surface area (Å²) in [6.45, 7) is 4.15. The van der Waals surface area contributed by atoms with Gasteiger partial charge in [0.05, 0.1) is 12.5 Å². The lowest BCUT2D eigenvalue weighted by Gasteiger charge is -2.24. The third-order valence-electron chi connectivity index (χ3n) is 1.25. The summed E-state index contributed by atoms with van der Waals surface area (Å²) >= 11 is 0. The van der Waals surface area contributed by atoms with E-state index in [1.54, 1.807) is 14.2 Å². The minimum atomic E-state index is -1.68. The van der Waals surface area contributed by atoms with E-state index >= 15 is 0 Å². The first-order valence-electron chi connectivity index (χ1n) is 3.51. The maximum atomic E-state index is 5.63. The predicted molar refractivity (Wildman–Crippen MR) is 48.1 cm³/mol. The van der Waals surface area contributed by atoms with Gasteiger partial charge in [-0.05, 0) is 13.1 Å². The van der Waals surface area contributed by atoms with Gasteiger partial charge in [-0.3, -0.25) is 0 Å². The van der Waals surface area contributed by atoms with E-state index in [-0.39, 0.29) is 0 Å². The Hall–Kier alpha value is 0.314. The molecule has 11 heavy (non-hydrogen) atoms. The van der Waals surface area contributed by atoms with Crippen LogP contribution in [0.5, 0.6) is 0 Å². The van der Waals surface area contributed by atoms with Crippen LogP contribution in [-0.4, -0.2) is 44.8 Å². The minimum Gasteiger partial charge on any atom is -0.453 e. The second-order valence-corrected chi connectivity index (χ2v) is 7.32. The van der Waals surface area contributed by atoms with Crippen LogP contribution in [0.25, 0.3) is 0 Å². The van der Waals surface area contributed by atoms with E-state index in [0.29, 0.717) is 22.2 Å². The zero-order valence-corrected chi connectivity index (χ0v) is 9.64. The van der Waals surface area contributed by atoms with Crippen molar-refractivity contribution in [1.82, 2.24) is 0 Å². The largest absolute Gasteiger partial charge is 0.453 e. The molecule has 5 heteroatoms. The highest BCUT2D eigenvalue weighted by atomic mass is 28.4. The van der Waals surface area contributed by atoms with Gasteiger partial charge >= 0.3 is 0 Å². The normalized spacial score (nSPS) is 12.0. The molecule has 0 spiro atoms. The molecule has 0 saturated carbocycles. The molecule has 2 radical (unpaired) electrons. The van der Waals surface area contributed by atoms with Crippen molar-refractivity contribution >= 4 is 18.1 Å². The zero-order chi connectivity index (χ0) is 8.74. The summed E-state index contributed by atoms with van der Waals surface area (Å²) in [7, 11) is 2.24. The molecule has 0 bridgehead atoms. The Balaban J connectivity index is 3.79. The molecule has 0 atom stereocenters. The molecule has 0 N–H and O–H groups in total. The molecule has 66 valence electrons. The van der Waals surface area contributed by atoms with Gasteiger partial charge < -0.3 is 13.6 Å². The van der Waals surface area contributed by atoms with Crippen molar-refractivity contribution in [1.29, 1.82) is 0 Å². The molecule has 0 rings (SSSR count). The van der Waals surface area contributed by atoms with Crippen LogP contribution in [0.15, 0.2) is 0 Å². The molecule has 0 aromatic rings. The van der Waals surface area contributed by atoms with E-state index in [9.17, 15) is 0 Å². The molecular weight excluding hydrogens is 176 g/mol. The second kappa shape index (κ2) is 5.90. The van der Waals surface area contributed by atoms with Crippen LogP contribution in [0.3, 0.4) is 0 Å². The molecule has 0 aliphatic rings. The molecule has 0 fully saturated rings. The van der Waals surface area contributed by atoms with Crippen LogP contribution >= 0.6 is 0 Å². The molecule has 0 aromatic heterocycles. The fourth-order valence-corrected chi connectivity index (χ4v) is 4.70. The molecule has 3 nitrogen and oxygen atoms in total. The first-order valence-corrected chi connectivity index (χ1v) is 7.74. The van der Waals surface area contributed by atoms with E-state index in [1.807, 2.05) is 6.55 Å². The first-order chi connectivity index (χ1) is 5.18. The van der Waals surface area contributed by atoms with Gasteiger partial charge in [0.25, 0.3) is 0 Å². The quantitative estimate of drug-likeness (QED) is 0.577. The van der Waals surface area contributed by atoms with Gasteiger partial charge in [0.2, 0.25) is 18.1 Å². The summed E-state index contributed by atoms with van der Waals surface area (Å²) in [4.78, 5) is 0. The average molecular weight is 192 g/mol. The number of hydrogen-bond donors (Lipinski definition) is 0. The molecular formula is C6H16O3Si2. The van der Waals surface area contributed by atoms with E-state index in [0.717, 1.165) is 0 Å². The summed E-state index contributed by atoms with van der Waals surface area (Å²) < 4.78 is 15.8. The Labute approximate surface area is 72.1 Å². The van der Waals surface area contributed by atoms with Gasteiger partial charge in [0, 0.05) is 14.2 Å². The Morgan fingerprint density at radius 2 is 1.64 bits per heavy atom. The molecule has 0 aliphatic heterocycles. The van der Waals surface area contributed by atoms with Crippen molar-refractivity contribution in [2.45, 2.75) is 13.1 Å². The number of hydrogen-bond acceptors (Lipinski definition) is 3. The lowest BCUT2D eigenvalue weighted by molar-refractivity contribution is 0.198. The predicted octanol–water partition coefficient (Wildman–Crippen LogP) is 0.617. The molecule has 0 amide bonds. The Morgan fingerprint density at radius 3 is 1.91 bits per heavy atom. The van der Waals surface area contributed by atoms with Gasteiger partial charge in [0.1, 0.15) is 0 Å². The van der Waals surface area contributed by atoms with Crippen LogP contribution in [0, 0.1) is 0 Å². The smallest absolute Gasteiger partial charge is 0.228 e. The summed E-state index contributed by atoms with van der Waals surface area (Å²) in [6.07, 6.45) is 1.42. The van der Waals surface area contributed by atoms with Crippen molar-refractivity contribution in [3.63, 3.8) is 0 Å². The highest BCUT2D eigenvalue weighted by Gasteiger charge is 2.28. The van der Waals surface area contributed by atoms with Gasteiger partial charge in [0.15, 0.2) is 0 Å². The summed E-state index contributed by atoms with van der Waals surface area (Å²) in [5, 5.41) is 0. The van der Waals surface area contributed by atoms with Crippen molar-refractivity contribution in [3.05, 3.63) is 0 Å². The Bertz CT molecular complexity index is 82.8. The van der Waals surface area contributed by atoms with Crippen LogP contribution < -0.4 is 0 Å². The summed E-state index contributed by atoms with van der Waals surface area (Å²) in [6, 6.07) is 0. The van der Waals surface area contributed by atoms with Crippen LogP contribution in [0.4, 0.5) is 0 Å². The molecule has 0 unspecified atom stereocenters. The monoisotopic (exact) mass is 192 g/mol. The Morgan fingerprint density at radius 1 is 1.18 bits per heavy atom. The first kappa shape index (κ1) is 11.3. The topological polar surface area (TPSA) is 27.7 Å². The van der Waals surface area contributed by atoms with Crippen molar-refractivity contribution in [2.75, 3.05) is 26.7 Å². The van der Waals surface area contributed by atoms with E-state index < -0.39 is 8.32 Å². The zero-order valence-electron chi connectivity index (χ0n) is 7.64.